The standard InChI is InChI=1S/C14H12O4/c1-18-14(17)10-6-3-2-5-9(10)13-11(15)7-4-8-12(13)16/h2-8,15-16H,1H3. The molecule has 0 amide bonds. The Kier molecular flexibility index (Phi) is 3.19. The number of carbonyl (C=O) groups is 1. The van der Waals surface area contributed by atoms with Crippen molar-refractivity contribution in [1.82, 2.24) is 0 Å². The van der Waals surface area contributed by atoms with E-state index >= 15 is 0 Å². The van der Waals surface area contributed by atoms with Crippen molar-refractivity contribution < 1.29 is 19.7 Å². The number of carbonyl (C=O) groups excluding carboxylic acids is 1. The van der Waals surface area contributed by atoms with Gasteiger partial charge in [-0.3, -0.25) is 0 Å². The van der Waals surface area contributed by atoms with E-state index in [2.05, 4.69) is 4.74 Å². The van der Waals surface area contributed by atoms with Crippen LogP contribution in [-0.2, 0) is 4.74 Å². The first-order valence-electron chi connectivity index (χ1n) is 5.34. The molecule has 0 radical (unpaired) electrons. The second-order valence-electron chi connectivity index (χ2n) is 3.71. The van der Waals surface area contributed by atoms with Gasteiger partial charge in [0.05, 0.1) is 18.2 Å². The van der Waals surface area contributed by atoms with E-state index in [9.17, 15) is 15.0 Å². The third-order valence-corrected chi connectivity index (χ3v) is 2.62. The topological polar surface area (TPSA) is 66.8 Å². The molecular weight excluding hydrogens is 232 g/mol. The van der Waals surface area contributed by atoms with E-state index in [-0.39, 0.29) is 22.6 Å². The number of hydrogen-bond donors (Lipinski definition) is 2. The summed E-state index contributed by atoms with van der Waals surface area (Å²) in [4.78, 5) is 11.6. The number of phenols is 2. The quantitative estimate of drug-likeness (QED) is 0.797. The fourth-order valence-corrected chi connectivity index (χ4v) is 1.79. The summed E-state index contributed by atoms with van der Waals surface area (Å²) < 4.78 is 4.68. The molecule has 4 heteroatoms. The number of phenolic OH excluding ortho intramolecular Hbond substituents is 2. The monoisotopic (exact) mass is 244 g/mol. The smallest absolute Gasteiger partial charge is 0.338 e. The molecule has 4 nitrogen and oxygen atoms in total. The summed E-state index contributed by atoms with van der Waals surface area (Å²) in [6.45, 7) is 0. The van der Waals surface area contributed by atoms with Crippen LogP contribution in [0.3, 0.4) is 0 Å². The van der Waals surface area contributed by atoms with Crippen molar-refractivity contribution in [3.8, 4) is 22.6 Å². The first-order chi connectivity index (χ1) is 8.65. The van der Waals surface area contributed by atoms with Crippen LogP contribution >= 0.6 is 0 Å². The predicted molar refractivity (Wildman–Crippen MR) is 66.5 cm³/mol. The van der Waals surface area contributed by atoms with Gasteiger partial charge in [-0.15, -0.1) is 0 Å². The summed E-state index contributed by atoms with van der Waals surface area (Å²) in [7, 11) is 1.28. The normalized spacial score (nSPS) is 10.1. The van der Waals surface area contributed by atoms with Gasteiger partial charge < -0.3 is 14.9 Å². The zero-order chi connectivity index (χ0) is 13.1. The van der Waals surface area contributed by atoms with Gasteiger partial charge in [0, 0.05) is 5.56 Å². The number of methoxy groups -OCH3 is 1. The van der Waals surface area contributed by atoms with E-state index < -0.39 is 5.97 Å². The molecule has 0 saturated carbocycles. The highest BCUT2D eigenvalue weighted by atomic mass is 16.5. The fourth-order valence-electron chi connectivity index (χ4n) is 1.79. The Labute approximate surface area is 104 Å². The number of benzene rings is 2. The van der Waals surface area contributed by atoms with E-state index in [1.165, 1.54) is 25.3 Å². The van der Waals surface area contributed by atoms with Gasteiger partial charge in [-0.2, -0.15) is 0 Å². The van der Waals surface area contributed by atoms with Crippen LogP contribution in [-0.4, -0.2) is 23.3 Å². The molecule has 0 fully saturated rings. The maximum atomic E-state index is 11.6. The molecule has 2 N–H and O–H groups in total. The fraction of sp³-hybridized carbons (Fsp3) is 0.0714. The van der Waals surface area contributed by atoms with Gasteiger partial charge in [0.15, 0.2) is 0 Å². The van der Waals surface area contributed by atoms with Gasteiger partial charge in [-0.25, -0.2) is 4.79 Å². The molecule has 0 atom stereocenters. The summed E-state index contributed by atoms with van der Waals surface area (Å²) in [6.07, 6.45) is 0. The molecule has 0 unspecified atom stereocenters. The molecule has 2 aromatic carbocycles. The summed E-state index contributed by atoms with van der Waals surface area (Å²) in [5.41, 5.74) is 0.940. The second-order valence-corrected chi connectivity index (χ2v) is 3.71. The molecule has 2 rings (SSSR count). The van der Waals surface area contributed by atoms with Crippen molar-refractivity contribution in [3.05, 3.63) is 48.0 Å². The van der Waals surface area contributed by atoms with E-state index in [1.54, 1.807) is 24.3 Å². The lowest BCUT2D eigenvalue weighted by Crippen LogP contribution is -2.03. The Morgan fingerprint density at radius 1 is 1.00 bits per heavy atom. The average molecular weight is 244 g/mol. The number of rotatable bonds is 2. The minimum absolute atomic E-state index is 0.0913. The van der Waals surface area contributed by atoms with Crippen LogP contribution in [0.15, 0.2) is 42.5 Å². The van der Waals surface area contributed by atoms with Crippen LogP contribution in [0, 0.1) is 0 Å². The van der Waals surface area contributed by atoms with Crippen molar-refractivity contribution in [1.29, 1.82) is 0 Å². The van der Waals surface area contributed by atoms with E-state index in [0.29, 0.717) is 5.56 Å². The molecule has 18 heavy (non-hydrogen) atoms. The van der Waals surface area contributed by atoms with Gasteiger partial charge in [0.1, 0.15) is 11.5 Å². The minimum atomic E-state index is -0.520. The zero-order valence-corrected chi connectivity index (χ0v) is 9.75. The van der Waals surface area contributed by atoms with Crippen LogP contribution in [0.5, 0.6) is 11.5 Å². The zero-order valence-electron chi connectivity index (χ0n) is 9.75. The molecule has 0 aromatic heterocycles. The Hall–Kier alpha value is -2.49. The molecule has 0 heterocycles. The Morgan fingerprint density at radius 3 is 2.22 bits per heavy atom. The number of ether oxygens (including phenoxy) is 1. The third-order valence-electron chi connectivity index (χ3n) is 2.62. The van der Waals surface area contributed by atoms with Crippen molar-refractivity contribution in [2.45, 2.75) is 0 Å². The van der Waals surface area contributed by atoms with Crippen molar-refractivity contribution >= 4 is 5.97 Å². The van der Waals surface area contributed by atoms with Crippen LogP contribution in [0.2, 0.25) is 0 Å². The molecule has 0 spiro atoms. The largest absolute Gasteiger partial charge is 0.507 e. The SMILES string of the molecule is COC(=O)c1ccccc1-c1c(O)cccc1O. The van der Waals surface area contributed by atoms with Gasteiger partial charge in [0.2, 0.25) is 0 Å². The predicted octanol–water partition coefficient (Wildman–Crippen LogP) is 2.55. The first kappa shape index (κ1) is 12.0. The van der Waals surface area contributed by atoms with Crippen molar-refractivity contribution in [3.63, 3.8) is 0 Å². The molecular formula is C14H12O4. The summed E-state index contributed by atoms with van der Waals surface area (Å²) in [5.74, 6) is -0.703. The van der Waals surface area contributed by atoms with E-state index in [0.717, 1.165) is 0 Å². The van der Waals surface area contributed by atoms with Crippen LogP contribution in [0.4, 0.5) is 0 Å². The van der Waals surface area contributed by atoms with Gasteiger partial charge in [0.25, 0.3) is 0 Å². The van der Waals surface area contributed by atoms with Gasteiger partial charge in [-0.05, 0) is 18.2 Å². The molecule has 0 saturated heterocycles. The van der Waals surface area contributed by atoms with E-state index in [4.69, 9.17) is 0 Å². The highest BCUT2D eigenvalue weighted by molar-refractivity contribution is 5.99. The summed E-state index contributed by atoms with van der Waals surface area (Å²) in [5, 5.41) is 19.6. The summed E-state index contributed by atoms with van der Waals surface area (Å²) >= 11 is 0. The Bertz CT molecular complexity index is 570. The molecule has 0 aliphatic heterocycles. The maximum absolute atomic E-state index is 11.6. The lowest BCUT2D eigenvalue weighted by molar-refractivity contribution is 0.0601. The van der Waals surface area contributed by atoms with Crippen LogP contribution < -0.4 is 0 Å². The third kappa shape index (κ3) is 2.00. The molecule has 2 aromatic rings. The molecule has 92 valence electrons. The van der Waals surface area contributed by atoms with E-state index in [1.807, 2.05) is 0 Å². The van der Waals surface area contributed by atoms with Crippen LogP contribution in [0.25, 0.3) is 11.1 Å². The number of aromatic hydroxyl groups is 2. The maximum Gasteiger partial charge on any atom is 0.338 e. The molecule has 0 aliphatic rings. The number of esters is 1. The second kappa shape index (κ2) is 4.79. The Morgan fingerprint density at radius 2 is 1.61 bits per heavy atom. The van der Waals surface area contributed by atoms with Crippen molar-refractivity contribution in [2.24, 2.45) is 0 Å². The highest BCUT2D eigenvalue weighted by Gasteiger charge is 2.17. The lowest BCUT2D eigenvalue weighted by Gasteiger charge is -2.11. The summed E-state index contributed by atoms with van der Waals surface area (Å²) in [6, 6.07) is 11.0. The van der Waals surface area contributed by atoms with Crippen molar-refractivity contribution in [2.75, 3.05) is 7.11 Å². The Balaban J connectivity index is 2.68. The average Bonchev–Trinajstić information content (AvgIpc) is 2.38. The molecule has 0 aliphatic carbocycles. The van der Waals surface area contributed by atoms with Gasteiger partial charge in [-0.1, -0.05) is 24.3 Å². The highest BCUT2D eigenvalue weighted by Crippen LogP contribution is 2.38. The van der Waals surface area contributed by atoms with Gasteiger partial charge >= 0.3 is 5.97 Å². The minimum Gasteiger partial charge on any atom is -0.507 e. The number of hydrogen-bond acceptors (Lipinski definition) is 4. The molecule has 0 bridgehead atoms. The lowest BCUT2D eigenvalue weighted by atomic mass is 9.98. The first-order valence-corrected chi connectivity index (χ1v) is 5.34. The van der Waals surface area contributed by atoms with Crippen LogP contribution in [0.1, 0.15) is 10.4 Å².